The average molecular weight is 306 g/mol. The first kappa shape index (κ1) is 13.8. The molecule has 5 heteroatoms. The van der Waals surface area contributed by atoms with Crippen molar-refractivity contribution < 1.29 is 13.6 Å². The van der Waals surface area contributed by atoms with Crippen molar-refractivity contribution in [3.63, 3.8) is 0 Å². The number of para-hydroxylation sites is 1. The van der Waals surface area contributed by atoms with E-state index in [0.29, 0.717) is 10.5 Å². The van der Waals surface area contributed by atoms with E-state index in [-0.39, 0.29) is 12.1 Å². The van der Waals surface area contributed by atoms with Gasteiger partial charge in [-0.15, -0.1) is 0 Å². The zero-order valence-corrected chi connectivity index (χ0v) is 11.6. The van der Waals surface area contributed by atoms with Crippen LogP contribution in [0.1, 0.15) is 10.4 Å². The molecule has 0 atom stereocenters. The summed E-state index contributed by atoms with van der Waals surface area (Å²) in [7, 11) is 0. The third-order valence-electron chi connectivity index (χ3n) is 3.28. The molecule has 0 N–H and O–H groups in total. The van der Waals surface area contributed by atoms with Crippen molar-refractivity contribution in [2.75, 3.05) is 0 Å². The van der Waals surface area contributed by atoms with E-state index in [1.807, 2.05) is 18.2 Å². The topological polar surface area (TPSA) is 22.0 Å². The molecule has 106 valence electrons. The van der Waals surface area contributed by atoms with Crippen molar-refractivity contribution in [2.45, 2.75) is 6.54 Å². The molecule has 0 aliphatic rings. The SMILES string of the molecule is O=C(Cn1ccc2cccc(Cl)c21)c1cc(F)ccc1F. The van der Waals surface area contributed by atoms with Gasteiger partial charge in [0.05, 0.1) is 22.6 Å². The molecule has 21 heavy (non-hydrogen) atoms. The highest BCUT2D eigenvalue weighted by atomic mass is 35.5. The Balaban J connectivity index is 1.99. The molecular formula is C16H10ClF2NO. The Kier molecular flexibility index (Phi) is 3.47. The first-order chi connectivity index (χ1) is 10.1. The van der Waals surface area contributed by atoms with Gasteiger partial charge in [-0.05, 0) is 30.3 Å². The van der Waals surface area contributed by atoms with Gasteiger partial charge in [-0.1, -0.05) is 23.7 Å². The lowest BCUT2D eigenvalue weighted by molar-refractivity contribution is 0.0969. The molecule has 0 saturated carbocycles. The van der Waals surface area contributed by atoms with Crippen LogP contribution in [0.4, 0.5) is 8.78 Å². The van der Waals surface area contributed by atoms with E-state index in [0.717, 1.165) is 23.6 Å². The Bertz CT molecular complexity index is 841. The summed E-state index contributed by atoms with van der Waals surface area (Å²) in [6, 6.07) is 10.0. The summed E-state index contributed by atoms with van der Waals surface area (Å²) >= 11 is 6.12. The molecule has 0 unspecified atom stereocenters. The first-order valence-corrected chi connectivity index (χ1v) is 6.65. The summed E-state index contributed by atoms with van der Waals surface area (Å²) in [6.07, 6.45) is 1.70. The molecule has 3 rings (SSSR count). The lowest BCUT2D eigenvalue weighted by Gasteiger charge is -2.07. The van der Waals surface area contributed by atoms with E-state index in [2.05, 4.69) is 0 Å². The lowest BCUT2D eigenvalue weighted by Crippen LogP contribution is -2.11. The summed E-state index contributed by atoms with van der Waals surface area (Å²) in [5.41, 5.74) is 0.438. The molecule has 0 radical (unpaired) electrons. The fraction of sp³-hybridized carbons (Fsp3) is 0.0625. The number of aromatic nitrogens is 1. The highest BCUT2D eigenvalue weighted by Gasteiger charge is 2.15. The van der Waals surface area contributed by atoms with Crippen molar-refractivity contribution in [1.29, 1.82) is 0 Å². The predicted octanol–water partition coefficient (Wildman–Crippen LogP) is 4.46. The molecule has 1 aromatic heterocycles. The van der Waals surface area contributed by atoms with Crippen LogP contribution < -0.4 is 0 Å². The van der Waals surface area contributed by atoms with E-state index in [1.165, 1.54) is 0 Å². The summed E-state index contributed by atoms with van der Waals surface area (Å²) in [5, 5.41) is 1.39. The van der Waals surface area contributed by atoms with Gasteiger partial charge in [0.15, 0.2) is 5.78 Å². The third-order valence-corrected chi connectivity index (χ3v) is 3.59. The van der Waals surface area contributed by atoms with Gasteiger partial charge in [0.25, 0.3) is 0 Å². The van der Waals surface area contributed by atoms with Gasteiger partial charge in [-0.25, -0.2) is 8.78 Å². The second kappa shape index (κ2) is 5.30. The second-order valence-electron chi connectivity index (χ2n) is 4.67. The van der Waals surface area contributed by atoms with Crippen LogP contribution in [-0.4, -0.2) is 10.4 Å². The average Bonchev–Trinajstić information content (AvgIpc) is 2.86. The van der Waals surface area contributed by atoms with Gasteiger partial charge >= 0.3 is 0 Å². The summed E-state index contributed by atoms with van der Waals surface area (Å²) in [4.78, 5) is 12.2. The largest absolute Gasteiger partial charge is 0.338 e. The number of halogens is 3. The Labute approximate surface area is 124 Å². The first-order valence-electron chi connectivity index (χ1n) is 6.28. The van der Waals surface area contributed by atoms with Crippen molar-refractivity contribution in [2.24, 2.45) is 0 Å². The monoisotopic (exact) mass is 305 g/mol. The molecule has 0 fully saturated rings. The number of ketones is 1. The number of carbonyl (C=O) groups is 1. The van der Waals surface area contributed by atoms with Gasteiger partial charge in [0.1, 0.15) is 11.6 Å². The van der Waals surface area contributed by atoms with Crippen LogP contribution in [0.25, 0.3) is 10.9 Å². The van der Waals surface area contributed by atoms with Crippen LogP contribution in [-0.2, 0) is 6.54 Å². The van der Waals surface area contributed by atoms with Crippen LogP contribution in [0.5, 0.6) is 0 Å². The minimum Gasteiger partial charge on any atom is -0.338 e. The van der Waals surface area contributed by atoms with Crippen LogP contribution >= 0.6 is 11.6 Å². The molecule has 0 saturated heterocycles. The minimum absolute atomic E-state index is 0.104. The Morgan fingerprint density at radius 3 is 2.76 bits per heavy atom. The maximum Gasteiger partial charge on any atom is 0.185 e. The second-order valence-corrected chi connectivity index (χ2v) is 5.08. The smallest absolute Gasteiger partial charge is 0.185 e. The molecule has 2 nitrogen and oxygen atoms in total. The number of rotatable bonds is 3. The molecule has 0 aliphatic carbocycles. The van der Waals surface area contributed by atoms with Gasteiger partial charge < -0.3 is 4.57 Å². The highest BCUT2D eigenvalue weighted by molar-refractivity contribution is 6.35. The molecule has 0 aliphatic heterocycles. The van der Waals surface area contributed by atoms with Crippen LogP contribution in [0.2, 0.25) is 5.02 Å². The quantitative estimate of drug-likeness (QED) is 0.655. The number of Topliss-reactive ketones (excluding diaryl/α,β-unsaturated/α-hetero) is 1. The summed E-state index contributed by atoms with van der Waals surface area (Å²) in [5.74, 6) is -1.89. The Hall–Kier alpha value is -2.20. The van der Waals surface area contributed by atoms with E-state index >= 15 is 0 Å². The molecule has 3 aromatic rings. The zero-order valence-electron chi connectivity index (χ0n) is 10.8. The van der Waals surface area contributed by atoms with Crippen molar-refractivity contribution >= 4 is 28.3 Å². The normalized spacial score (nSPS) is 11.0. The Morgan fingerprint density at radius 1 is 1.14 bits per heavy atom. The Morgan fingerprint density at radius 2 is 1.95 bits per heavy atom. The molecule has 1 heterocycles. The molecule has 0 spiro atoms. The third kappa shape index (κ3) is 2.54. The van der Waals surface area contributed by atoms with Gasteiger partial charge in [-0.3, -0.25) is 4.79 Å². The van der Waals surface area contributed by atoms with Gasteiger partial charge in [-0.2, -0.15) is 0 Å². The van der Waals surface area contributed by atoms with Crippen LogP contribution in [0.15, 0.2) is 48.7 Å². The molecule has 2 aromatic carbocycles. The number of fused-ring (bicyclic) bond motifs is 1. The fourth-order valence-corrected chi connectivity index (χ4v) is 2.59. The van der Waals surface area contributed by atoms with E-state index < -0.39 is 17.4 Å². The maximum atomic E-state index is 13.6. The van der Waals surface area contributed by atoms with E-state index in [9.17, 15) is 13.6 Å². The number of carbonyl (C=O) groups excluding carboxylic acids is 1. The van der Waals surface area contributed by atoms with Crippen molar-refractivity contribution in [3.05, 3.63) is 70.9 Å². The highest BCUT2D eigenvalue weighted by Crippen LogP contribution is 2.25. The van der Waals surface area contributed by atoms with Crippen LogP contribution in [0.3, 0.4) is 0 Å². The van der Waals surface area contributed by atoms with Crippen LogP contribution in [0, 0.1) is 11.6 Å². The van der Waals surface area contributed by atoms with Crippen molar-refractivity contribution in [3.8, 4) is 0 Å². The number of benzene rings is 2. The lowest BCUT2D eigenvalue weighted by atomic mass is 10.1. The zero-order chi connectivity index (χ0) is 15.0. The molecular weight excluding hydrogens is 296 g/mol. The number of hydrogen-bond donors (Lipinski definition) is 0. The van der Waals surface area contributed by atoms with E-state index in [1.54, 1.807) is 16.8 Å². The maximum absolute atomic E-state index is 13.6. The fourth-order valence-electron chi connectivity index (χ4n) is 2.30. The summed E-state index contributed by atoms with van der Waals surface area (Å²) < 4.78 is 28.4. The standard InChI is InChI=1S/C16H10ClF2NO/c17-13-3-1-2-10-6-7-20(16(10)13)9-15(21)12-8-11(18)4-5-14(12)19/h1-8H,9H2. The number of nitrogens with zero attached hydrogens (tertiary/aromatic N) is 1. The number of hydrogen-bond acceptors (Lipinski definition) is 1. The molecule has 0 amide bonds. The summed E-state index contributed by atoms with van der Waals surface area (Å²) in [6.45, 7) is -0.104. The molecule has 0 bridgehead atoms. The van der Waals surface area contributed by atoms with E-state index in [4.69, 9.17) is 11.6 Å². The van der Waals surface area contributed by atoms with Crippen molar-refractivity contribution in [1.82, 2.24) is 4.57 Å². The minimum atomic E-state index is -0.732. The predicted molar refractivity (Wildman–Crippen MR) is 77.6 cm³/mol. The van der Waals surface area contributed by atoms with Gasteiger partial charge in [0, 0.05) is 11.6 Å². The van der Waals surface area contributed by atoms with Gasteiger partial charge in [0.2, 0.25) is 0 Å².